The van der Waals surface area contributed by atoms with Crippen LogP contribution in [0.15, 0.2) is 24.3 Å². The minimum atomic E-state index is -0.353. The molecule has 1 saturated heterocycles. The van der Waals surface area contributed by atoms with Crippen molar-refractivity contribution in [2.75, 3.05) is 13.1 Å². The summed E-state index contributed by atoms with van der Waals surface area (Å²) in [6.07, 6.45) is 1.32. The molecular weight excluding hydrogens is 283 g/mol. The van der Waals surface area contributed by atoms with Gasteiger partial charge in [-0.25, -0.2) is 4.39 Å². The molecule has 0 atom stereocenters. The highest BCUT2D eigenvalue weighted by atomic mass is 19.1. The second-order valence-corrected chi connectivity index (χ2v) is 6.81. The molecule has 0 aliphatic carbocycles. The van der Waals surface area contributed by atoms with Crippen molar-refractivity contribution < 1.29 is 14.0 Å². The predicted molar refractivity (Wildman–Crippen MR) is 82.9 cm³/mol. The number of likely N-dealkylation sites (tertiary alicyclic amines) is 1. The quantitative estimate of drug-likeness (QED) is 0.913. The van der Waals surface area contributed by atoms with Crippen molar-refractivity contribution in [1.29, 1.82) is 0 Å². The number of halogens is 1. The first-order valence-electron chi connectivity index (χ1n) is 7.63. The number of nitrogens with one attached hydrogen (secondary N) is 1. The Kier molecular flexibility index (Phi) is 4.84. The zero-order chi connectivity index (χ0) is 16.3. The van der Waals surface area contributed by atoms with E-state index in [0.717, 1.165) is 0 Å². The minimum absolute atomic E-state index is 0.0449. The summed E-state index contributed by atoms with van der Waals surface area (Å²) in [5.41, 5.74) is 0.247. The summed E-state index contributed by atoms with van der Waals surface area (Å²) >= 11 is 0. The Hall–Kier alpha value is -1.91. The smallest absolute Gasteiger partial charge is 0.253 e. The summed E-state index contributed by atoms with van der Waals surface area (Å²) < 4.78 is 12.9. The molecule has 1 N–H and O–H groups in total. The van der Waals surface area contributed by atoms with Gasteiger partial charge in [0.15, 0.2) is 0 Å². The molecule has 4 nitrogen and oxygen atoms in total. The monoisotopic (exact) mass is 306 g/mol. The molecule has 0 aromatic heterocycles. The topological polar surface area (TPSA) is 49.4 Å². The molecule has 5 heteroatoms. The molecule has 0 bridgehead atoms. The molecule has 0 radical (unpaired) electrons. The van der Waals surface area contributed by atoms with Crippen molar-refractivity contribution in [2.45, 2.75) is 39.2 Å². The number of hydrogen-bond donors (Lipinski definition) is 1. The molecule has 22 heavy (non-hydrogen) atoms. The zero-order valence-electron chi connectivity index (χ0n) is 13.4. The van der Waals surface area contributed by atoms with Gasteiger partial charge in [-0.15, -0.1) is 0 Å². The molecule has 2 amide bonds. The SMILES string of the molecule is CC(C)(C)NC(=O)C1CCN(C(=O)c2ccc(F)cc2)CC1. The summed E-state index contributed by atoms with van der Waals surface area (Å²) in [5, 5.41) is 2.99. The molecule has 2 rings (SSSR count). The lowest BCUT2D eigenvalue weighted by Gasteiger charge is -2.33. The fourth-order valence-corrected chi connectivity index (χ4v) is 2.59. The standard InChI is InChI=1S/C17H23FN2O2/c1-17(2,3)19-15(21)12-8-10-20(11-9-12)16(22)13-4-6-14(18)7-5-13/h4-7,12H,8-11H2,1-3H3,(H,19,21). The van der Waals surface area contributed by atoms with E-state index in [1.54, 1.807) is 4.90 Å². The number of carbonyl (C=O) groups is 2. The lowest BCUT2D eigenvalue weighted by Crippen LogP contribution is -2.47. The van der Waals surface area contributed by atoms with Crippen LogP contribution in [0.1, 0.15) is 44.0 Å². The van der Waals surface area contributed by atoms with Gasteiger partial charge in [-0.2, -0.15) is 0 Å². The largest absolute Gasteiger partial charge is 0.351 e. The van der Waals surface area contributed by atoms with Crippen LogP contribution >= 0.6 is 0 Å². The van der Waals surface area contributed by atoms with Crippen molar-refractivity contribution in [2.24, 2.45) is 5.92 Å². The molecule has 1 fully saturated rings. The number of piperidine rings is 1. The van der Waals surface area contributed by atoms with Gasteiger partial charge in [0, 0.05) is 30.1 Å². The first-order chi connectivity index (χ1) is 10.3. The maximum atomic E-state index is 12.9. The van der Waals surface area contributed by atoms with Crippen molar-refractivity contribution in [1.82, 2.24) is 10.2 Å². The van der Waals surface area contributed by atoms with E-state index < -0.39 is 0 Å². The molecule has 1 aromatic carbocycles. The Bertz CT molecular complexity index is 541. The summed E-state index contributed by atoms with van der Waals surface area (Å²) in [6, 6.07) is 5.57. The van der Waals surface area contributed by atoms with Crippen LogP contribution in [0.5, 0.6) is 0 Å². The van der Waals surface area contributed by atoms with Gasteiger partial charge in [-0.05, 0) is 57.9 Å². The first-order valence-corrected chi connectivity index (χ1v) is 7.63. The molecule has 1 heterocycles. The first kappa shape index (κ1) is 16.5. The van der Waals surface area contributed by atoms with Crippen LogP contribution in [-0.2, 0) is 4.79 Å². The Balaban J connectivity index is 1.90. The van der Waals surface area contributed by atoms with E-state index in [2.05, 4.69) is 5.32 Å². The summed E-state index contributed by atoms with van der Waals surface area (Å²) in [7, 11) is 0. The lowest BCUT2D eigenvalue weighted by atomic mass is 9.94. The van der Waals surface area contributed by atoms with Gasteiger partial charge in [0.2, 0.25) is 5.91 Å². The van der Waals surface area contributed by atoms with Gasteiger partial charge in [-0.3, -0.25) is 9.59 Å². The molecular formula is C17H23FN2O2. The van der Waals surface area contributed by atoms with E-state index in [1.165, 1.54) is 24.3 Å². The molecule has 0 spiro atoms. The molecule has 0 saturated carbocycles. The van der Waals surface area contributed by atoms with E-state index in [4.69, 9.17) is 0 Å². The van der Waals surface area contributed by atoms with Crippen LogP contribution in [0.2, 0.25) is 0 Å². The summed E-state index contributed by atoms with van der Waals surface area (Å²) in [5.74, 6) is -0.443. The second kappa shape index (κ2) is 6.46. The third-order valence-corrected chi connectivity index (χ3v) is 3.74. The third-order valence-electron chi connectivity index (χ3n) is 3.74. The fraction of sp³-hybridized carbons (Fsp3) is 0.529. The summed E-state index contributed by atoms with van der Waals surface area (Å²) in [6.45, 7) is 6.98. The molecule has 1 aliphatic rings. The normalized spacial score (nSPS) is 16.5. The Morgan fingerprint density at radius 1 is 1.14 bits per heavy atom. The maximum Gasteiger partial charge on any atom is 0.253 e. The number of carbonyl (C=O) groups excluding carboxylic acids is 2. The van der Waals surface area contributed by atoms with Gasteiger partial charge >= 0.3 is 0 Å². The van der Waals surface area contributed by atoms with Crippen LogP contribution in [0.3, 0.4) is 0 Å². The number of amides is 2. The van der Waals surface area contributed by atoms with Crippen LogP contribution in [0, 0.1) is 11.7 Å². The number of nitrogens with zero attached hydrogens (tertiary/aromatic N) is 1. The number of benzene rings is 1. The van der Waals surface area contributed by atoms with Gasteiger partial charge in [0.1, 0.15) is 5.82 Å². The average Bonchev–Trinajstić information content (AvgIpc) is 2.46. The fourth-order valence-electron chi connectivity index (χ4n) is 2.59. The van der Waals surface area contributed by atoms with E-state index in [1.807, 2.05) is 20.8 Å². The molecule has 1 aliphatic heterocycles. The Morgan fingerprint density at radius 3 is 2.18 bits per heavy atom. The predicted octanol–water partition coefficient (Wildman–Crippen LogP) is 2.59. The van der Waals surface area contributed by atoms with Crippen LogP contribution < -0.4 is 5.32 Å². The second-order valence-electron chi connectivity index (χ2n) is 6.81. The minimum Gasteiger partial charge on any atom is -0.351 e. The van der Waals surface area contributed by atoms with Crippen molar-refractivity contribution in [3.05, 3.63) is 35.6 Å². The van der Waals surface area contributed by atoms with Crippen molar-refractivity contribution in [3.8, 4) is 0 Å². The lowest BCUT2D eigenvalue weighted by molar-refractivity contribution is -0.127. The molecule has 120 valence electrons. The van der Waals surface area contributed by atoms with Crippen molar-refractivity contribution in [3.63, 3.8) is 0 Å². The van der Waals surface area contributed by atoms with Crippen LogP contribution in [-0.4, -0.2) is 35.3 Å². The van der Waals surface area contributed by atoms with E-state index >= 15 is 0 Å². The number of rotatable bonds is 2. The third kappa shape index (κ3) is 4.29. The van der Waals surface area contributed by atoms with Crippen LogP contribution in [0.25, 0.3) is 0 Å². The van der Waals surface area contributed by atoms with E-state index in [0.29, 0.717) is 31.5 Å². The van der Waals surface area contributed by atoms with Crippen molar-refractivity contribution >= 4 is 11.8 Å². The van der Waals surface area contributed by atoms with Gasteiger partial charge in [-0.1, -0.05) is 0 Å². The van der Waals surface area contributed by atoms with Crippen LogP contribution in [0.4, 0.5) is 4.39 Å². The van der Waals surface area contributed by atoms with E-state index in [9.17, 15) is 14.0 Å². The van der Waals surface area contributed by atoms with Gasteiger partial charge in [0.25, 0.3) is 5.91 Å². The highest BCUT2D eigenvalue weighted by molar-refractivity contribution is 5.94. The van der Waals surface area contributed by atoms with Gasteiger partial charge in [0.05, 0.1) is 0 Å². The number of hydrogen-bond acceptors (Lipinski definition) is 2. The molecule has 1 aromatic rings. The summed E-state index contributed by atoms with van der Waals surface area (Å²) in [4.78, 5) is 26.2. The highest BCUT2D eigenvalue weighted by Crippen LogP contribution is 2.20. The van der Waals surface area contributed by atoms with Gasteiger partial charge < -0.3 is 10.2 Å². The Labute approximate surface area is 130 Å². The Morgan fingerprint density at radius 2 is 1.68 bits per heavy atom. The maximum absolute atomic E-state index is 12.9. The highest BCUT2D eigenvalue weighted by Gasteiger charge is 2.29. The average molecular weight is 306 g/mol. The molecule has 0 unspecified atom stereocenters. The zero-order valence-corrected chi connectivity index (χ0v) is 13.4. The van der Waals surface area contributed by atoms with E-state index in [-0.39, 0.29) is 29.1 Å².